The molecule has 1 radical (unpaired) electrons. The van der Waals surface area contributed by atoms with Crippen LogP contribution in [0.3, 0.4) is 0 Å². The Kier molecular flexibility index (Phi) is 6.32. The van der Waals surface area contributed by atoms with Crippen molar-refractivity contribution in [3.05, 3.63) is 88.8 Å². The van der Waals surface area contributed by atoms with Gasteiger partial charge in [0.1, 0.15) is 0 Å². The third-order valence-corrected chi connectivity index (χ3v) is 5.77. The first kappa shape index (κ1) is 23.7. The zero-order valence-electron chi connectivity index (χ0n) is 20.1. The summed E-state index contributed by atoms with van der Waals surface area (Å²) in [4.78, 5) is 0. The Morgan fingerprint density at radius 3 is 1.76 bits per heavy atom. The molecule has 3 heterocycles. The molecular weight excluding hydrogens is 513 g/mol. The molecule has 5 rings (SSSR count). The van der Waals surface area contributed by atoms with Crippen LogP contribution in [0.25, 0.3) is 23.0 Å². The normalized spacial score (nSPS) is 11.0. The Balaban J connectivity index is 0.00000274. The van der Waals surface area contributed by atoms with Crippen molar-refractivity contribution in [2.45, 2.75) is 41.5 Å². The molecule has 2 aromatic carbocycles. The van der Waals surface area contributed by atoms with E-state index in [4.69, 9.17) is 0 Å². The Bertz CT molecular complexity index is 1330. The van der Waals surface area contributed by atoms with Gasteiger partial charge < -0.3 is 9.13 Å². The molecule has 0 amide bonds. The summed E-state index contributed by atoms with van der Waals surface area (Å²) in [6.45, 7) is 12.6. The van der Waals surface area contributed by atoms with E-state index in [9.17, 15) is 0 Å². The van der Waals surface area contributed by atoms with Gasteiger partial charge in [0.25, 0.3) is 0 Å². The van der Waals surface area contributed by atoms with E-state index in [1.807, 2.05) is 34.2 Å². The summed E-state index contributed by atoms with van der Waals surface area (Å²) >= 11 is 0. The average molecular weight is 540 g/mol. The van der Waals surface area contributed by atoms with Crippen molar-refractivity contribution in [2.75, 3.05) is 0 Å². The molecule has 0 unspecified atom stereocenters. The Hall–Kier alpha value is -3.45. The molecule has 9 heteroatoms. The van der Waals surface area contributed by atoms with Crippen LogP contribution in [0.2, 0.25) is 0 Å². The number of imidazole rings is 1. The minimum Gasteiger partial charge on any atom is -0.316 e. The molecule has 0 fully saturated rings. The van der Waals surface area contributed by atoms with Crippen LogP contribution in [0.4, 0.5) is 0 Å². The first-order valence-electron chi connectivity index (χ1n) is 10.8. The van der Waals surface area contributed by atoms with E-state index in [2.05, 4.69) is 92.8 Å². The Labute approximate surface area is 211 Å². The van der Waals surface area contributed by atoms with Crippen molar-refractivity contribution in [3.63, 3.8) is 0 Å². The first-order valence-corrected chi connectivity index (χ1v) is 10.8. The number of aromatic nitrogens is 8. The number of benzene rings is 2. The van der Waals surface area contributed by atoms with Gasteiger partial charge in [-0.1, -0.05) is 40.6 Å². The van der Waals surface area contributed by atoms with Gasteiger partial charge in [0.2, 0.25) is 5.82 Å². The van der Waals surface area contributed by atoms with Crippen LogP contribution < -0.4 is 4.57 Å². The number of aryl methyl sites for hydroxylation is 6. The standard InChI is InChI=1S/C25H26N8.Ru/c1-16-9-18(3)24(19(4)10-16)32-13-22(26-28-32)30-7-8-31(15-30)23-14-33(29-27-23)25-20(5)11-17(2)12-21(25)6;/h7-14H,1-6H3;/q;+1. The van der Waals surface area contributed by atoms with Crippen LogP contribution in [-0.2, 0) is 19.5 Å². The van der Waals surface area contributed by atoms with Crippen molar-refractivity contribution in [1.82, 2.24) is 34.6 Å². The van der Waals surface area contributed by atoms with Crippen molar-refractivity contribution in [1.29, 1.82) is 0 Å². The molecule has 0 saturated heterocycles. The molecule has 0 aliphatic carbocycles. The predicted octanol–water partition coefficient (Wildman–Crippen LogP) is 3.56. The molecule has 0 N–H and O–H groups in total. The summed E-state index contributed by atoms with van der Waals surface area (Å²) in [6.07, 6.45) is 10.8. The van der Waals surface area contributed by atoms with Crippen molar-refractivity contribution >= 4 is 0 Å². The first-order chi connectivity index (χ1) is 15.8. The Morgan fingerprint density at radius 2 is 1.21 bits per heavy atom. The van der Waals surface area contributed by atoms with Crippen LogP contribution in [0.15, 0.2) is 49.1 Å². The summed E-state index contributed by atoms with van der Waals surface area (Å²) in [7, 11) is 0. The fourth-order valence-corrected chi connectivity index (χ4v) is 4.59. The van der Waals surface area contributed by atoms with Gasteiger partial charge in [0.05, 0.1) is 23.8 Å². The van der Waals surface area contributed by atoms with Gasteiger partial charge in [-0.05, 0) is 68.9 Å². The van der Waals surface area contributed by atoms with Crippen LogP contribution in [0.5, 0.6) is 0 Å². The van der Waals surface area contributed by atoms with E-state index in [0.29, 0.717) is 11.6 Å². The zero-order chi connectivity index (χ0) is 23.3. The van der Waals surface area contributed by atoms with Gasteiger partial charge in [0.15, 0.2) is 12.1 Å². The molecule has 3 aromatic heterocycles. The zero-order valence-corrected chi connectivity index (χ0v) is 21.8. The van der Waals surface area contributed by atoms with Gasteiger partial charge in [-0.3, -0.25) is 0 Å². The molecule has 8 nitrogen and oxygen atoms in total. The Morgan fingerprint density at radius 1 is 0.706 bits per heavy atom. The molecular formula is C25H26N8Ru+. The smallest absolute Gasteiger partial charge is 0.316 e. The van der Waals surface area contributed by atoms with Crippen LogP contribution in [0, 0.1) is 47.9 Å². The van der Waals surface area contributed by atoms with Gasteiger partial charge in [0, 0.05) is 17.6 Å². The fourth-order valence-electron chi connectivity index (χ4n) is 4.59. The van der Waals surface area contributed by atoms with E-state index >= 15 is 0 Å². The summed E-state index contributed by atoms with van der Waals surface area (Å²) in [5.41, 5.74) is 9.21. The van der Waals surface area contributed by atoms with Gasteiger partial charge in [-0.25, -0.2) is 9.36 Å². The second kappa shape index (κ2) is 9.07. The SMILES string of the molecule is Cc1cc(C)c(-n2cc(-n3[c-][n+](-c4cn(-c5c(C)cc(C)cc5C)nn4)cc3)nn2)c(C)c1.[Ru+]. The van der Waals surface area contributed by atoms with Gasteiger partial charge in [-0.15, -0.1) is 5.10 Å². The molecule has 0 aliphatic rings. The van der Waals surface area contributed by atoms with Crippen LogP contribution >= 0.6 is 0 Å². The third-order valence-electron chi connectivity index (χ3n) is 5.77. The van der Waals surface area contributed by atoms with Crippen LogP contribution in [0.1, 0.15) is 33.4 Å². The molecule has 173 valence electrons. The molecule has 0 aliphatic heterocycles. The van der Waals surface area contributed by atoms with Crippen LogP contribution in [-0.4, -0.2) is 34.6 Å². The fraction of sp³-hybridized carbons (Fsp3) is 0.240. The van der Waals surface area contributed by atoms with E-state index in [1.165, 1.54) is 11.1 Å². The van der Waals surface area contributed by atoms with Crippen molar-refractivity contribution in [3.8, 4) is 23.0 Å². The maximum absolute atomic E-state index is 4.35. The largest absolute Gasteiger partial charge is 1.00 e. The van der Waals surface area contributed by atoms with Gasteiger partial charge in [-0.2, -0.15) is 0 Å². The van der Waals surface area contributed by atoms with Gasteiger partial charge >= 0.3 is 19.5 Å². The molecule has 0 atom stereocenters. The molecule has 0 bridgehead atoms. The summed E-state index contributed by atoms with van der Waals surface area (Å²) in [6, 6.07) is 8.61. The number of hydrogen-bond donors (Lipinski definition) is 0. The van der Waals surface area contributed by atoms with E-state index in [-0.39, 0.29) is 19.5 Å². The second-order valence-corrected chi connectivity index (χ2v) is 8.68. The minimum atomic E-state index is 0. The maximum atomic E-state index is 4.35. The molecule has 34 heavy (non-hydrogen) atoms. The number of hydrogen-bond acceptors (Lipinski definition) is 4. The van der Waals surface area contributed by atoms with E-state index < -0.39 is 0 Å². The summed E-state index contributed by atoms with van der Waals surface area (Å²) < 4.78 is 7.22. The quantitative estimate of drug-likeness (QED) is 0.199. The van der Waals surface area contributed by atoms with E-state index in [1.54, 1.807) is 9.13 Å². The topological polar surface area (TPSA) is 70.2 Å². The minimum absolute atomic E-state index is 0. The maximum Gasteiger partial charge on any atom is 1.00 e. The third kappa shape index (κ3) is 4.23. The van der Waals surface area contributed by atoms with E-state index in [0.717, 1.165) is 33.6 Å². The van der Waals surface area contributed by atoms with Crippen molar-refractivity contribution < 1.29 is 24.0 Å². The van der Waals surface area contributed by atoms with Crippen molar-refractivity contribution in [2.24, 2.45) is 0 Å². The second-order valence-electron chi connectivity index (χ2n) is 8.68. The molecule has 0 spiro atoms. The summed E-state index contributed by atoms with van der Waals surface area (Å²) in [5.74, 6) is 1.34. The summed E-state index contributed by atoms with van der Waals surface area (Å²) in [5, 5.41) is 17.4. The number of nitrogens with zero attached hydrogens (tertiary/aromatic N) is 8. The molecule has 0 saturated carbocycles. The monoisotopic (exact) mass is 540 g/mol. The average Bonchev–Trinajstić information content (AvgIpc) is 3.47. The predicted molar refractivity (Wildman–Crippen MR) is 124 cm³/mol. The number of rotatable bonds is 4. The molecule has 5 aromatic rings.